The van der Waals surface area contributed by atoms with E-state index in [9.17, 15) is 18.3 Å². The number of hydrogen-bond acceptors (Lipinski definition) is 4. The van der Waals surface area contributed by atoms with Crippen LogP contribution in [-0.2, 0) is 6.18 Å². The molecule has 4 rings (SSSR count). The van der Waals surface area contributed by atoms with Crippen LogP contribution in [0.15, 0.2) is 18.3 Å². The average Bonchev–Trinajstić information content (AvgIpc) is 2.90. The molecule has 8 heteroatoms. The third-order valence-electron chi connectivity index (χ3n) is 5.19. The highest BCUT2D eigenvalue weighted by atomic mass is 19.4. The molecule has 0 bridgehead atoms. The van der Waals surface area contributed by atoms with Crippen molar-refractivity contribution < 1.29 is 18.3 Å². The lowest BCUT2D eigenvalue weighted by molar-refractivity contribution is -0.144. The molecule has 4 atom stereocenters. The van der Waals surface area contributed by atoms with Gasteiger partial charge in [0.2, 0.25) is 5.82 Å². The van der Waals surface area contributed by atoms with E-state index < -0.39 is 12.0 Å². The minimum absolute atomic E-state index is 0.0962. The Kier molecular flexibility index (Phi) is 3.64. The van der Waals surface area contributed by atoms with Crippen LogP contribution in [0.25, 0.3) is 11.4 Å². The summed E-state index contributed by atoms with van der Waals surface area (Å²) in [6, 6.07) is 3.39. The molecule has 0 saturated heterocycles. The van der Waals surface area contributed by atoms with Gasteiger partial charge in [-0.2, -0.15) is 18.3 Å². The fourth-order valence-corrected chi connectivity index (χ4v) is 4.09. The average molecular weight is 352 g/mol. The summed E-state index contributed by atoms with van der Waals surface area (Å²) in [6.45, 7) is 3.99. The van der Waals surface area contributed by atoms with Crippen LogP contribution in [0.4, 0.5) is 13.2 Å². The quantitative estimate of drug-likeness (QED) is 0.919. The molecule has 2 fully saturated rings. The molecule has 1 N–H and O–H groups in total. The largest absolute Gasteiger partial charge is 0.451 e. The number of halogens is 3. The number of fused-ring (bicyclic) bond motifs is 1. The van der Waals surface area contributed by atoms with Crippen LogP contribution in [0.3, 0.4) is 0 Å². The molecule has 2 saturated carbocycles. The summed E-state index contributed by atoms with van der Waals surface area (Å²) >= 11 is 0. The second-order valence-electron chi connectivity index (χ2n) is 7.23. The minimum atomic E-state index is -4.58. The van der Waals surface area contributed by atoms with E-state index in [2.05, 4.69) is 15.1 Å². The maximum Gasteiger partial charge on any atom is 0.451 e. The van der Waals surface area contributed by atoms with E-state index in [1.807, 2.05) is 24.6 Å². The van der Waals surface area contributed by atoms with Gasteiger partial charge in [-0.15, -0.1) is 0 Å². The van der Waals surface area contributed by atoms with Gasteiger partial charge in [0.25, 0.3) is 0 Å². The van der Waals surface area contributed by atoms with E-state index in [4.69, 9.17) is 0 Å². The molecule has 0 aromatic carbocycles. The van der Waals surface area contributed by atoms with E-state index in [0.717, 1.165) is 24.7 Å². The maximum absolute atomic E-state index is 12.9. The van der Waals surface area contributed by atoms with E-state index in [1.54, 1.807) is 0 Å². The molecule has 2 unspecified atom stereocenters. The number of aliphatic hydroxyl groups is 1. The minimum Gasteiger partial charge on any atom is -0.393 e. The molecular weight excluding hydrogens is 333 g/mol. The second kappa shape index (κ2) is 5.52. The summed E-state index contributed by atoms with van der Waals surface area (Å²) in [5.74, 6) is 0.0782. The monoisotopic (exact) mass is 352 g/mol. The first-order valence-corrected chi connectivity index (χ1v) is 8.44. The maximum atomic E-state index is 12.9. The lowest BCUT2D eigenvalue weighted by atomic mass is 10.1. The predicted molar refractivity (Wildman–Crippen MR) is 83.6 cm³/mol. The SMILES string of the molecule is CC(C)n1nc(-c2ccnc(C(F)(F)F)n2)cc1C1[C@H]2CC(O)C[C@@H]12. The Morgan fingerprint density at radius 1 is 1.20 bits per heavy atom. The van der Waals surface area contributed by atoms with Crippen molar-refractivity contribution >= 4 is 0 Å². The van der Waals surface area contributed by atoms with E-state index >= 15 is 0 Å². The molecule has 2 aliphatic rings. The highest BCUT2D eigenvalue weighted by Gasteiger charge is 2.57. The van der Waals surface area contributed by atoms with Gasteiger partial charge in [-0.1, -0.05) is 0 Å². The number of hydrogen-bond donors (Lipinski definition) is 1. The zero-order chi connectivity index (χ0) is 17.9. The summed E-state index contributed by atoms with van der Waals surface area (Å²) in [6.07, 6.45) is -2.11. The predicted octanol–water partition coefficient (Wildman–Crippen LogP) is 3.42. The van der Waals surface area contributed by atoms with Gasteiger partial charge >= 0.3 is 6.18 Å². The van der Waals surface area contributed by atoms with Gasteiger partial charge < -0.3 is 5.11 Å². The fraction of sp³-hybridized carbons (Fsp3) is 0.588. The van der Waals surface area contributed by atoms with Crippen molar-refractivity contribution in [3.63, 3.8) is 0 Å². The van der Waals surface area contributed by atoms with Crippen LogP contribution < -0.4 is 0 Å². The first kappa shape index (κ1) is 16.5. The van der Waals surface area contributed by atoms with Gasteiger partial charge in [0, 0.05) is 23.9 Å². The lowest BCUT2D eigenvalue weighted by Gasteiger charge is -2.13. The summed E-state index contributed by atoms with van der Waals surface area (Å²) in [4.78, 5) is 6.94. The Morgan fingerprint density at radius 3 is 2.48 bits per heavy atom. The molecule has 5 nitrogen and oxygen atoms in total. The van der Waals surface area contributed by atoms with Gasteiger partial charge in [0.1, 0.15) is 5.69 Å². The van der Waals surface area contributed by atoms with Crippen molar-refractivity contribution in [3.8, 4) is 11.4 Å². The van der Waals surface area contributed by atoms with E-state index in [-0.39, 0.29) is 17.8 Å². The highest BCUT2D eigenvalue weighted by Crippen LogP contribution is 2.63. The van der Waals surface area contributed by atoms with Crippen LogP contribution in [0.5, 0.6) is 0 Å². The van der Waals surface area contributed by atoms with Crippen molar-refractivity contribution in [1.29, 1.82) is 0 Å². The van der Waals surface area contributed by atoms with Crippen LogP contribution in [0.2, 0.25) is 0 Å². The molecule has 0 radical (unpaired) electrons. The summed E-state index contributed by atoms with van der Waals surface area (Å²) in [5, 5.41) is 14.2. The van der Waals surface area contributed by atoms with Crippen molar-refractivity contribution in [2.75, 3.05) is 0 Å². The van der Waals surface area contributed by atoms with Crippen LogP contribution in [-0.4, -0.2) is 31.0 Å². The number of aromatic nitrogens is 4. The van der Waals surface area contributed by atoms with Gasteiger partial charge in [0.15, 0.2) is 0 Å². The number of nitrogens with zero attached hydrogens (tertiary/aromatic N) is 4. The molecule has 0 aliphatic heterocycles. The van der Waals surface area contributed by atoms with Gasteiger partial charge in [-0.05, 0) is 50.7 Å². The van der Waals surface area contributed by atoms with Crippen molar-refractivity contribution in [1.82, 2.24) is 19.7 Å². The Balaban J connectivity index is 1.69. The first-order chi connectivity index (χ1) is 11.8. The second-order valence-corrected chi connectivity index (χ2v) is 7.23. The number of alkyl halides is 3. The third-order valence-corrected chi connectivity index (χ3v) is 5.19. The van der Waals surface area contributed by atoms with Gasteiger partial charge in [0.05, 0.1) is 11.8 Å². The Labute approximate surface area is 142 Å². The normalized spacial score (nSPS) is 28.4. The van der Waals surface area contributed by atoms with Crippen LogP contribution >= 0.6 is 0 Å². The first-order valence-electron chi connectivity index (χ1n) is 8.44. The van der Waals surface area contributed by atoms with E-state index in [1.165, 1.54) is 6.07 Å². The summed E-state index contributed by atoms with van der Waals surface area (Å²) in [5.41, 5.74) is 1.63. The van der Waals surface area contributed by atoms with E-state index in [0.29, 0.717) is 23.4 Å². The lowest BCUT2D eigenvalue weighted by Crippen LogP contribution is -2.11. The molecule has 2 aromatic rings. The number of aliphatic hydroxyl groups excluding tert-OH is 1. The van der Waals surface area contributed by atoms with Gasteiger partial charge in [-0.3, -0.25) is 4.68 Å². The standard InChI is InChI=1S/C17H19F3N4O/c1-8(2)24-14(15-10-5-9(25)6-11(10)15)7-13(23-24)12-3-4-21-16(22-12)17(18,19)20/h3-4,7-11,15,25H,5-6H2,1-2H3/t9?,10-,11+,15?. The Morgan fingerprint density at radius 2 is 1.88 bits per heavy atom. The van der Waals surface area contributed by atoms with Crippen molar-refractivity contribution in [3.05, 3.63) is 29.8 Å². The van der Waals surface area contributed by atoms with Gasteiger partial charge in [-0.25, -0.2) is 9.97 Å². The third kappa shape index (κ3) is 2.82. The summed E-state index contributed by atoms with van der Waals surface area (Å²) in [7, 11) is 0. The number of rotatable bonds is 3. The molecule has 2 aromatic heterocycles. The molecule has 2 aliphatic carbocycles. The highest BCUT2D eigenvalue weighted by molar-refractivity contribution is 5.55. The molecule has 0 spiro atoms. The molecule has 134 valence electrons. The van der Waals surface area contributed by atoms with Crippen molar-refractivity contribution in [2.24, 2.45) is 11.8 Å². The van der Waals surface area contributed by atoms with Crippen LogP contribution in [0.1, 0.15) is 50.2 Å². The molecule has 25 heavy (non-hydrogen) atoms. The van der Waals surface area contributed by atoms with Crippen molar-refractivity contribution in [2.45, 2.75) is 50.9 Å². The zero-order valence-corrected chi connectivity index (χ0v) is 13.9. The fourth-order valence-electron chi connectivity index (χ4n) is 4.09. The summed E-state index contributed by atoms with van der Waals surface area (Å²) < 4.78 is 40.4. The molecule has 0 amide bonds. The topological polar surface area (TPSA) is 63.8 Å². The smallest absolute Gasteiger partial charge is 0.393 e. The zero-order valence-electron chi connectivity index (χ0n) is 13.9. The molecule has 2 heterocycles. The Hall–Kier alpha value is -1.96. The van der Waals surface area contributed by atoms with Crippen LogP contribution in [0, 0.1) is 11.8 Å². The Bertz CT molecular complexity index is 789. The molecular formula is C17H19F3N4O.